The molecule has 3 heteroatoms. The number of aryl methyl sites for hydroxylation is 2. The highest BCUT2D eigenvalue weighted by atomic mass is 15.0. The highest BCUT2D eigenvalue weighted by Gasteiger charge is 2.16. The van der Waals surface area contributed by atoms with Crippen LogP contribution in [-0.2, 0) is 0 Å². The molecule has 3 nitrogen and oxygen atoms in total. The Kier molecular flexibility index (Phi) is 3.29. The predicted molar refractivity (Wildman–Crippen MR) is 110 cm³/mol. The Balaban J connectivity index is 2.08. The number of nitriles is 1. The van der Waals surface area contributed by atoms with Crippen LogP contribution < -0.4 is 0 Å². The van der Waals surface area contributed by atoms with Crippen LogP contribution in [0, 0.1) is 25.2 Å². The van der Waals surface area contributed by atoms with Gasteiger partial charge >= 0.3 is 0 Å². The number of hydrogen-bond donors (Lipinski definition) is 0. The van der Waals surface area contributed by atoms with Crippen molar-refractivity contribution >= 4 is 27.3 Å². The Hall–Kier alpha value is -3.64. The van der Waals surface area contributed by atoms with Crippen molar-refractivity contribution in [3.05, 3.63) is 83.7 Å². The summed E-state index contributed by atoms with van der Waals surface area (Å²) in [4.78, 5) is 4.59. The van der Waals surface area contributed by atoms with Crippen molar-refractivity contribution in [1.29, 1.82) is 5.26 Å². The van der Waals surface area contributed by atoms with Crippen LogP contribution in [0.25, 0.3) is 38.4 Å². The quantitative estimate of drug-likeness (QED) is 0.360. The average Bonchev–Trinajstić information content (AvgIpc) is 3.13. The number of rotatable bonds is 1. The zero-order valence-electron chi connectivity index (χ0n) is 15.2. The molecule has 0 saturated carbocycles. The molecule has 0 saturated heterocycles. The molecule has 5 aromatic rings. The van der Waals surface area contributed by atoms with Gasteiger partial charge in [-0.25, -0.2) is 4.98 Å². The Labute approximate surface area is 157 Å². The highest BCUT2D eigenvalue weighted by Crippen LogP contribution is 2.38. The molecule has 2 aromatic heterocycles. The van der Waals surface area contributed by atoms with Gasteiger partial charge in [-0.2, -0.15) is 5.26 Å². The summed E-state index contributed by atoms with van der Waals surface area (Å²) in [6.45, 7) is 4.32. The van der Waals surface area contributed by atoms with Gasteiger partial charge < -0.3 is 0 Å². The topological polar surface area (TPSA) is 41.1 Å². The molecule has 0 amide bonds. The van der Waals surface area contributed by atoms with Gasteiger partial charge in [0.05, 0.1) is 5.52 Å². The van der Waals surface area contributed by atoms with Gasteiger partial charge in [0.15, 0.2) is 5.69 Å². The van der Waals surface area contributed by atoms with Crippen LogP contribution in [0.15, 0.2) is 66.9 Å². The third kappa shape index (κ3) is 2.17. The number of aromatic nitrogens is 2. The van der Waals surface area contributed by atoms with E-state index in [1.165, 1.54) is 33.0 Å². The fourth-order valence-electron chi connectivity index (χ4n) is 4.18. The molecule has 0 N–H and O–H groups in total. The van der Waals surface area contributed by atoms with Crippen LogP contribution in [0.3, 0.4) is 0 Å². The van der Waals surface area contributed by atoms with Crippen LogP contribution in [0.5, 0.6) is 0 Å². The summed E-state index contributed by atoms with van der Waals surface area (Å²) in [5, 5.41) is 12.8. The van der Waals surface area contributed by atoms with Crippen molar-refractivity contribution in [2.24, 2.45) is 0 Å². The Bertz CT molecular complexity index is 1380. The van der Waals surface area contributed by atoms with E-state index in [2.05, 4.69) is 79.5 Å². The Morgan fingerprint density at radius 3 is 2.33 bits per heavy atom. The second kappa shape index (κ2) is 5.69. The molecule has 0 unspecified atom stereocenters. The third-order valence-electron chi connectivity index (χ3n) is 5.31. The SMILES string of the molecule is Cc1cccc(C)c1-c1cccc2c1c1ccccc1n1cc(C#N)nc21. The summed E-state index contributed by atoms with van der Waals surface area (Å²) in [5.41, 5.74) is 7.32. The minimum Gasteiger partial charge on any atom is -0.298 e. The summed E-state index contributed by atoms with van der Waals surface area (Å²) in [6, 6.07) is 23.3. The van der Waals surface area contributed by atoms with E-state index in [9.17, 15) is 5.26 Å². The van der Waals surface area contributed by atoms with Gasteiger partial charge in [-0.05, 0) is 42.2 Å². The Morgan fingerprint density at radius 2 is 1.56 bits per heavy atom. The Morgan fingerprint density at radius 1 is 0.852 bits per heavy atom. The van der Waals surface area contributed by atoms with E-state index in [4.69, 9.17) is 0 Å². The minimum atomic E-state index is 0.435. The molecule has 2 heterocycles. The van der Waals surface area contributed by atoms with Gasteiger partial charge in [-0.1, -0.05) is 54.6 Å². The smallest absolute Gasteiger partial charge is 0.159 e. The molecule has 0 aliphatic heterocycles. The molecule has 27 heavy (non-hydrogen) atoms. The molecule has 0 spiro atoms. The van der Waals surface area contributed by atoms with Gasteiger partial charge in [0.1, 0.15) is 11.7 Å². The summed E-state index contributed by atoms with van der Waals surface area (Å²) < 4.78 is 2.03. The number of fused-ring (bicyclic) bond motifs is 6. The average molecular weight is 347 g/mol. The summed E-state index contributed by atoms with van der Waals surface area (Å²) in [7, 11) is 0. The molecule has 0 aliphatic rings. The van der Waals surface area contributed by atoms with Crippen molar-refractivity contribution in [3.8, 4) is 17.2 Å². The van der Waals surface area contributed by atoms with Crippen LogP contribution in [0.1, 0.15) is 16.8 Å². The van der Waals surface area contributed by atoms with Gasteiger partial charge in [0, 0.05) is 22.4 Å². The number of nitrogens with zero attached hydrogens (tertiary/aromatic N) is 3. The maximum Gasteiger partial charge on any atom is 0.159 e. The number of imidazole rings is 1. The zero-order valence-corrected chi connectivity index (χ0v) is 15.2. The number of hydrogen-bond acceptors (Lipinski definition) is 2. The fraction of sp³-hybridized carbons (Fsp3) is 0.0833. The van der Waals surface area contributed by atoms with E-state index in [0.29, 0.717) is 5.69 Å². The molecular formula is C24H17N3. The summed E-state index contributed by atoms with van der Waals surface area (Å²) in [6.07, 6.45) is 1.82. The lowest BCUT2D eigenvalue weighted by Crippen LogP contribution is -1.94. The molecule has 5 rings (SSSR count). The maximum atomic E-state index is 9.36. The largest absolute Gasteiger partial charge is 0.298 e. The second-order valence-electron chi connectivity index (χ2n) is 6.94. The lowest BCUT2D eigenvalue weighted by Gasteiger charge is -2.16. The second-order valence-corrected chi connectivity index (χ2v) is 6.94. The molecule has 0 atom stereocenters. The van der Waals surface area contributed by atoms with Crippen LogP contribution >= 0.6 is 0 Å². The van der Waals surface area contributed by atoms with Crippen molar-refractivity contribution in [2.75, 3.05) is 0 Å². The molecule has 0 fully saturated rings. The van der Waals surface area contributed by atoms with Gasteiger partial charge in [0.25, 0.3) is 0 Å². The van der Waals surface area contributed by atoms with Crippen LogP contribution in [-0.4, -0.2) is 9.38 Å². The lowest BCUT2D eigenvalue weighted by atomic mass is 9.90. The van der Waals surface area contributed by atoms with Gasteiger partial charge in [-0.3, -0.25) is 4.40 Å². The van der Waals surface area contributed by atoms with E-state index >= 15 is 0 Å². The van der Waals surface area contributed by atoms with Crippen molar-refractivity contribution in [3.63, 3.8) is 0 Å². The van der Waals surface area contributed by atoms with Crippen LogP contribution in [0.2, 0.25) is 0 Å². The van der Waals surface area contributed by atoms with Gasteiger partial charge in [-0.15, -0.1) is 0 Å². The fourth-order valence-corrected chi connectivity index (χ4v) is 4.18. The number of benzene rings is 3. The number of para-hydroxylation sites is 1. The molecule has 0 bridgehead atoms. The molecule has 0 aliphatic carbocycles. The van der Waals surface area contributed by atoms with E-state index in [0.717, 1.165) is 16.6 Å². The van der Waals surface area contributed by atoms with E-state index in [1.54, 1.807) is 0 Å². The monoisotopic (exact) mass is 347 g/mol. The van der Waals surface area contributed by atoms with Gasteiger partial charge in [0.2, 0.25) is 0 Å². The first-order chi connectivity index (χ1) is 13.2. The van der Waals surface area contributed by atoms with E-state index < -0.39 is 0 Å². The van der Waals surface area contributed by atoms with E-state index in [-0.39, 0.29) is 0 Å². The number of pyridine rings is 1. The normalized spacial score (nSPS) is 11.3. The molecular weight excluding hydrogens is 330 g/mol. The summed E-state index contributed by atoms with van der Waals surface area (Å²) in [5.74, 6) is 0. The molecule has 128 valence electrons. The predicted octanol–water partition coefficient (Wildman–Crippen LogP) is 5.80. The highest BCUT2D eigenvalue weighted by molar-refractivity contribution is 6.18. The van der Waals surface area contributed by atoms with Crippen LogP contribution in [0.4, 0.5) is 0 Å². The standard InChI is InChI=1S/C24H17N3/c1-15-7-5-8-16(2)22(15)19-10-6-11-20-23(19)18-9-3-4-12-21(18)27-14-17(13-25)26-24(20)27/h3-12,14H,1-2H3. The van der Waals surface area contributed by atoms with Crippen molar-refractivity contribution in [2.45, 2.75) is 13.8 Å². The maximum absolute atomic E-state index is 9.36. The zero-order chi connectivity index (χ0) is 18.5. The molecule has 3 aromatic carbocycles. The first-order valence-electron chi connectivity index (χ1n) is 8.98. The van der Waals surface area contributed by atoms with Crippen molar-refractivity contribution in [1.82, 2.24) is 9.38 Å². The van der Waals surface area contributed by atoms with Crippen molar-refractivity contribution < 1.29 is 0 Å². The lowest BCUT2D eigenvalue weighted by molar-refractivity contribution is 1.27. The molecule has 0 radical (unpaired) electrons. The third-order valence-corrected chi connectivity index (χ3v) is 5.31. The first kappa shape index (κ1) is 15.6. The minimum absolute atomic E-state index is 0.435. The summed E-state index contributed by atoms with van der Waals surface area (Å²) >= 11 is 0. The van der Waals surface area contributed by atoms with E-state index in [1.807, 2.05) is 16.7 Å². The first-order valence-corrected chi connectivity index (χ1v) is 8.98.